The Morgan fingerprint density at radius 2 is 2.15 bits per heavy atom. The van der Waals surface area contributed by atoms with Crippen LogP contribution < -0.4 is 5.32 Å². The summed E-state index contributed by atoms with van der Waals surface area (Å²) in [6.07, 6.45) is 3.84. The van der Waals surface area contributed by atoms with Crippen molar-refractivity contribution in [1.82, 2.24) is 20.5 Å². The van der Waals surface area contributed by atoms with E-state index < -0.39 is 0 Å². The zero-order chi connectivity index (χ0) is 18.3. The van der Waals surface area contributed by atoms with E-state index in [1.165, 1.54) is 22.1 Å². The fourth-order valence-electron chi connectivity index (χ4n) is 4.21. The summed E-state index contributed by atoms with van der Waals surface area (Å²) < 4.78 is 0. The first-order chi connectivity index (χ1) is 12.5. The Kier molecular flexibility index (Phi) is 4.31. The molecule has 1 unspecified atom stereocenters. The van der Waals surface area contributed by atoms with Gasteiger partial charge in [0, 0.05) is 28.8 Å². The highest BCUT2D eigenvalue weighted by Gasteiger charge is 2.29. The van der Waals surface area contributed by atoms with Gasteiger partial charge in [-0.15, -0.1) is 0 Å². The van der Waals surface area contributed by atoms with Gasteiger partial charge in [0.1, 0.15) is 0 Å². The Balaban J connectivity index is 1.50. The van der Waals surface area contributed by atoms with Crippen LogP contribution >= 0.6 is 0 Å². The van der Waals surface area contributed by atoms with Gasteiger partial charge in [0.2, 0.25) is 5.91 Å². The van der Waals surface area contributed by atoms with Crippen molar-refractivity contribution in [3.63, 3.8) is 0 Å². The molecule has 0 saturated carbocycles. The van der Waals surface area contributed by atoms with E-state index in [-0.39, 0.29) is 11.8 Å². The Hall–Kier alpha value is -2.56. The lowest BCUT2D eigenvalue weighted by Crippen LogP contribution is -2.33. The number of hydrogen-bond acceptors (Lipinski definition) is 2. The summed E-state index contributed by atoms with van der Waals surface area (Å²) in [6.45, 7) is 6.79. The third kappa shape index (κ3) is 2.91. The molecule has 5 nitrogen and oxygen atoms in total. The number of hydrogen-bond donors (Lipinski definition) is 3. The van der Waals surface area contributed by atoms with Crippen LogP contribution in [0.15, 0.2) is 18.2 Å². The number of nitrogens with one attached hydrogen (secondary N) is 3. The SMILES string of the molecule is Cc1ccc2[nH]c3c(c2c1)CCCC3C(=O)NCCc1c(C)n[nH]c1C. The molecule has 0 aliphatic heterocycles. The summed E-state index contributed by atoms with van der Waals surface area (Å²) in [7, 11) is 0. The molecule has 5 heteroatoms. The van der Waals surface area contributed by atoms with Gasteiger partial charge in [0.15, 0.2) is 0 Å². The first-order valence-corrected chi connectivity index (χ1v) is 9.44. The number of aromatic nitrogens is 3. The van der Waals surface area contributed by atoms with Crippen molar-refractivity contribution in [1.29, 1.82) is 0 Å². The van der Waals surface area contributed by atoms with Gasteiger partial charge < -0.3 is 10.3 Å². The normalized spacial score (nSPS) is 16.7. The summed E-state index contributed by atoms with van der Waals surface area (Å²) >= 11 is 0. The van der Waals surface area contributed by atoms with E-state index in [1.54, 1.807) is 0 Å². The molecule has 0 saturated heterocycles. The van der Waals surface area contributed by atoms with Gasteiger partial charge in [0.25, 0.3) is 0 Å². The molecule has 4 rings (SSSR count). The third-order valence-electron chi connectivity index (χ3n) is 5.63. The molecule has 136 valence electrons. The van der Waals surface area contributed by atoms with Crippen LogP contribution in [-0.2, 0) is 17.6 Å². The number of aromatic amines is 2. The quantitative estimate of drug-likeness (QED) is 0.673. The topological polar surface area (TPSA) is 73.6 Å². The maximum Gasteiger partial charge on any atom is 0.229 e. The molecule has 0 spiro atoms. The molecule has 3 aromatic rings. The van der Waals surface area contributed by atoms with Crippen LogP contribution in [0.2, 0.25) is 0 Å². The molecule has 3 N–H and O–H groups in total. The predicted molar refractivity (Wildman–Crippen MR) is 103 cm³/mol. The average Bonchev–Trinajstić information content (AvgIpc) is 3.15. The third-order valence-corrected chi connectivity index (χ3v) is 5.63. The highest BCUT2D eigenvalue weighted by Crippen LogP contribution is 2.36. The first kappa shape index (κ1) is 16.9. The zero-order valence-electron chi connectivity index (χ0n) is 15.7. The van der Waals surface area contributed by atoms with Gasteiger partial charge >= 0.3 is 0 Å². The van der Waals surface area contributed by atoms with E-state index in [4.69, 9.17) is 0 Å². The smallest absolute Gasteiger partial charge is 0.229 e. The van der Waals surface area contributed by atoms with E-state index in [0.717, 1.165) is 48.3 Å². The molecule has 26 heavy (non-hydrogen) atoms. The van der Waals surface area contributed by atoms with Crippen molar-refractivity contribution >= 4 is 16.8 Å². The minimum atomic E-state index is -0.0713. The molecule has 2 aromatic heterocycles. The van der Waals surface area contributed by atoms with Crippen molar-refractivity contribution in [3.05, 3.63) is 52.0 Å². The minimum absolute atomic E-state index is 0.0713. The largest absolute Gasteiger partial charge is 0.357 e. The zero-order valence-corrected chi connectivity index (χ0v) is 15.7. The lowest BCUT2D eigenvalue weighted by Gasteiger charge is -2.22. The molecule has 2 heterocycles. The van der Waals surface area contributed by atoms with Gasteiger partial charge in [0.05, 0.1) is 11.6 Å². The maximum absolute atomic E-state index is 12.8. The highest BCUT2D eigenvalue weighted by atomic mass is 16.1. The van der Waals surface area contributed by atoms with Gasteiger partial charge in [-0.2, -0.15) is 5.10 Å². The number of carbonyl (C=O) groups is 1. The Bertz CT molecular complexity index is 946. The molecule has 1 atom stereocenters. The van der Waals surface area contributed by atoms with Gasteiger partial charge in [-0.05, 0) is 69.7 Å². The van der Waals surface area contributed by atoms with E-state index in [1.807, 2.05) is 13.8 Å². The Morgan fingerprint density at radius 1 is 1.31 bits per heavy atom. The second kappa shape index (κ2) is 6.63. The van der Waals surface area contributed by atoms with Crippen molar-refractivity contribution < 1.29 is 4.79 Å². The molecule has 0 fully saturated rings. The fourth-order valence-corrected chi connectivity index (χ4v) is 4.21. The summed E-state index contributed by atoms with van der Waals surface area (Å²) in [5.41, 5.74) is 8.16. The Labute approximate surface area is 153 Å². The molecule has 1 aliphatic carbocycles. The van der Waals surface area contributed by atoms with Crippen LogP contribution in [0.5, 0.6) is 0 Å². The second-order valence-electron chi connectivity index (χ2n) is 7.46. The van der Waals surface area contributed by atoms with Crippen LogP contribution in [0.3, 0.4) is 0 Å². The molecule has 1 amide bonds. The number of amides is 1. The monoisotopic (exact) mass is 350 g/mol. The fraction of sp³-hybridized carbons (Fsp3) is 0.429. The summed E-state index contributed by atoms with van der Waals surface area (Å²) in [5.74, 6) is 0.0611. The van der Waals surface area contributed by atoms with Crippen LogP contribution in [0.25, 0.3) is 10.9 Å². The number of aryl methyl sites for hydroxylation is 4. The number of carbonyl (C=O) groups excluding carboxylic acids is 1. The molecule has 1 aromatic carbocycles. The summed E-state index contributed by atoms with van der Waals surface area (Å²) in [4.78, 5) is 16.4. The lowest BCUT2D eigenvalue weighted by atomic mass is 9.86. The molecule has 1 aliphatic rings. The maximum atomic E-state index is 12.8. The number of nitrogens with zero attached hydrogens (tertiary/aromatic N) is 1. The van der Waals surface area contributed by atoms with Gasteiger partial charge in [-0.25, -0.2) is 0 Å². The van der Waals surface area contributed by atoms with E-state index in [9.17, 15) is 4.79 Å². The van der Waals surface area contributed by atoms with Crippen LogP contribution in [0.4, 0.5) is 0 Å². The molecular weight excluding hydrogens is 324 g/mol. The Morgan fingerprint density at radius 3 is 2.92 bits per heavy atom. The molecular formula is C21H26N4O. The van der Waals surface area contributed by atoms with Crippen LogP contribution in [0.1, 0.15) is 52.5 Å². The minimum Gasteiger partial charge on any atom is -0.357 e. The number of rotatable bonds is 4. The highest BCUT2D eigenvalue weighted by molar-refractivity contribution is 5.90. The van der Waals surface area contributed by atoms with E-state index in [2.05, 4.69) is 45.6 Å². The molecule has 0 bridgehead atoms. The standard InChI is InChI=1S/C21H26N4O/c1-12-7-8-19-18(11-12)16-5-4-6-17(20(16)23-19)21(26)22-10-9-15-13(2)24-25-14(15)3/h7-8,11,17,23H,4-6,9-10H2,1-3H3,(H,22,26)(H,24,25). The number of fused-ring (bicyclic) bond motifs is 3. The summed E-state index contributed by atoms with van der Waals surface area (Å²) in [6, 6.07) is 6.48. The van der Waals surface area contributed by atoms with Crippen LogP contribution in [-0.4, -0.2) is 27.6 Å². The van der Waals surface area contributed by atoms with E-state index >= 15 is 0 Å². The average molecular weight is 350 g/mol. The number of H-pyrrole nitrogens is 2. The summed E-state index contributed by atoms with van der Waals surface area (Å²) in [5, 5.41) is 11.6. The first-order valence-electron chi connectivity index (χ1n) is 9.44. The number of benzene rings is 1. The van der Waals surface area contributed by atoms with Gasteiger partial charge in [-0.3, -0.25) is 9.89 Å². The van der Waals surface area contributed by atoms with Crippen molar-refractivity contribution in [2.45, 2.75) is 52.4 Å². The predicted octanol–water partition coefficient (Wildman–Crippen LogP) is 3.60. The van der Waals surface area contributed by atoms with Crippen molar-refractivity contribution in [2.24, 2.45) is 0 Å². The lowest BCUT2D eigenvalue weighted by molar-refractivity contribution is -0.122. The molecule has 0 radical (unpaired) electrons. The van der Waals surface area contributed by atoms with Gasteiger partial charge in [-0.1, -0.05) is 11.6 Å². The van der Waals surface area contributed by atoms with Crippen LogP contribution in [0, 0.1) is 20.8 Å². The second-order valence-corrected chi connectivity index (χ2v) is 7.46. The van der Waals surface area contributed by atoms with E-state index in [0.29, 0.717) is 6.54 Å². The van der Waals surface area contributed by atoms with Crippen molar-refractivity contribution in [3.8, 4) is 0 Å². The van der Waals surface area contributed by atoms with Crippen molar-refractivity contribution in [2.75, 3.05) is 6.54 Å².